The molecule has 2 aliphatic heterocycles. The number of phenolic OH excluding ortho intramolecular Hbond substituents is 1. The number of aromatic hydroxyl groups is 1. The van der Waals surface area contributed by atoms with Gasteiger partial charge in [-0.05, 0) is 72.0 Å². The lowest BCUT2D eigenvalue weighted by Gasteiger charge is -2.38. The van der Waals surface area contributed by atoms with Crippen LogP contribution in [0.15, 0.2) is 66.7 Å². The van der Waals surface area contributed by atoms with Gasteiger partial charge in [0.1, 0.15) is 30.0 Å². The molecule has 6 heteroatoms. The molecule has 1 atom stereocenters. The van der Waals surface area contributed by atoms with Gasteiger partial charge in [0, 0.05) is 30.8 Å². The molecular weight excluding hydrogens is 454 g/mol. The molecule has 0 saturated carbocycles. The number of phenols is 1. The third-order valence-electron chi connectivity index (χ3n) is 7.19. The Morgan fingerprint density at radius 3 is 2.44 bits per heavy atom. The predicted octanol–water partition coefficient (Wildman–Crippen LogP) is 5.88. The van der Waals surface area contributed by atoms with E-state index in [9.17, 15) is 15.0 Å². The predicted molar refractivity (Wildman–Crippen MR) is 140 cm³/mol. The number of benzene rings is 3. The topological polar surface area (TPSA) is 79.2 Å². The molecule has 5 rings (SSSR count). The van der Waals surface area contributed by atoms with Crippen LogP contribution in [0.2, 0.25) is 0 Å². The van der Waals surface area contributed by atoms with Gasteiger partial charge < -0.3 is 19.7 Å². The van der Waals surface area contributed by atoms with Crippen LogP contribution in [0.25, 0.3) is 11.1 Å². The molecule has 0 aromatic heterocycles. The van der Waals surface area contributed by atoms with Crippen molar-refractivity contribution in [2.45, 2.75) is 26.4 Å². The van der Waals surface area contributed by atoms with Crippen molar-refractivity contribution in [3.63, 3.8) is 0 Å². The fourth-order valence-electron chi connectivity index (χ4n) is 4.99. The molecule has 2 heterocycles. The Bertz CT molecular complexity index is 1270. The Balaban J connectivity index is 1.39. The van der Waals surface area contributed by atoms with E-state index in [4.69, 9.17) is 9.47 Å². The summed E-state index contributed by atoms with van der Waals surface area (Å²) in [5.74, 6) is 1.55. The number of nitrogens with zero attached hydrogens (tertiary/aromatic N) is 1. The lowest BCUT2D eigenvalue weighted by atomic mass is 9.86. The number of carboxylic acids is 1. The number of allylic oxidation sites excluding steroid dienone is 1. The van der Waals surface area contributed by atoms with Crippen molar-refractivity contribution in [3.05, 3.63) is 89.0 Å². The van der Waals surface area contributed by atoms with Crippen LogP contribution < -0.4 is 9.47 Å². The number of carboxylic acid groups (broad SMARTS) is 1. The van der Waals surface area contributed by atoms with E-state index in [1.54, 1.807) is 30.3 Å². The van der Waals surface area contributed by atoms with Crippen molar-refractivity contribution in [2.75, 3.05) is 26.2 Å². The Morgan fingerprint density at radius 1 is 1.06 bits per heavy atom. The van der Waals surface area contributed by atoms with Crippen LogP contribution in [0.3, 0.4) is 0 Å². The van der Waals surface area contributed by atoms with E-state index >= 15 is 0 Å². The molecular formula is C30H31NO5. The number of rotatable bonds is 8. The Kier molecular flexibility index (Phi) is 6.70. The summed E-state index contributed by atoms with van der Waals surface area (Å²) in [5.41, 5.74) is 4.79. The second-order valence-corrected chi connectivity index (χ2v) is 9.55. The summed E-state index contributed by atoms with van der Waals surface area (Å²) in [6, 6.07) is 19.9. The van der Waals surface area contributed by atoms with Crippen LogP contribution in [-0.2, 0) is 0 Å². The van der Waals surface area contributed by atoms with Crippen molar-refractivity contribution in [1.82, 2.24) is 4.90 Å². The van der Waals surface area contributed by atoms with Gasteiger partial charge >= 0.3 is 5.97 Å². The van der Waals surface area contributed by atoms with Gasteiger partial charge in [-0.2, -0.15) is 0 Å². The largest absolute Gasteiger partial charge is 0.508 e. The van der Waals surface area contributed by atoms with Crippen LogP contribution in [0.1, 0.15) is 53.4 Å². The maximum absolute atomic E-state index is 11.4. The highest BCUT2D eigenvalue weighted by Gasteiger charge is 2.30. The molecule has 0 radical (unpaired) electrons. The first-order valence-electron chi connectivity index (χ1n) is 12.4. The van der Waals surface area contributed by atoms with E-state index in [1.165, 1.54) is 19.5 Å². The van der Waals surface area contributed by atoms with Crippen LogP contribution >= 0.6 is 0 Å². The molecule has 0 unspecified atom stereocenters. The number of carbonyl (C=O) groups is 1. The Morgan fingerprint density at radius 2 is 1.78 bits per heavy atom. The summed E-state index contributed by atoms with van der Waals surface area (Å²) < 4.78 is 12.4. The summed E-state index contributed by atoms with van der Waals surface area (Å²) in [6.07, 6.45) is 0.853. The smallest absolute Gasteiger partial charge is 0.335 e. The van der Waals surface area contributed by atoms with E-state index in [0.717, 1.165) is 46.0 Å². The van der Waals surface area contributed by atoms with Gasteiger partial charge in [-0.25, -0.2) is 4.79 Å². The fraction of sp³-hybridized carbons (Fsp3) is 0.300. The lowest BCUT2D eigenvalue weighted by molar-refractivity contribution is 0.0697. The third kappa shape index (κ3) is 4.82. The monoisotopic (exact) mass is 485 g/mol. The zero-order valence-electron chi connectivity index (χ0n) is 20.6. The summed E-state index contributed by atoms with van der Waals surface area (Å²) >= 11 is 0. The van der Waals surface area contributed by atoms with Crippen LogP contribution in [0.5, 0.6) is 17.2 Å². The number of aromatic carboxylic acids is 1. The minimum Gasteiger partial charge on any atom is -0.508 e. The normalized spacial score (nSPS) is 17.8. The van der Waals surface area contributed by atoms with Crippen molar-refractivity contribution in [1.29, 1.82) is 0 Å². The molecule has 1 saturated heterocycles. The number of ether oxygens (including phenoxy) is 2. The second kappa shape index (κ2) is 10.1. The number of hydrogen-bond donors (Lipinski definition) is 2. The van der Waals surface area contributed by atoms with Crippen molar-refractivity contribution in [2.24, 2.45) is 5.92 Å². The minimum absolute atomic E-state index is 0.167. The quantitative estimate of drug-likeness (QED) is 0.415. The first-order valence-corrected chi connectivity index (χ1v) is 12.4. The van der Waals surface area contributed by atoms with Gasteiger partial charge in [0.25, 0.3) is 0 Å². The van der Waals surface area contributed by atoms with E-state index in [-0.39, 0.29) is 17.4 Å². The van der Waals surface area contributed by atoms with Gasteiger partial charge in [-0.1, -0.05) is 37.6 Å². The lowest BCUT2D eigenvalue weighted by Crippen LogP contribution is -2.47. The van der Waals surface area contributed by atoms with Crippen LogP contribution in [0, 0.1) is 5.92 Å². The van der Waals surface area contributed by atoms with Gasteiger partial charge in [0.05, 0.1) is 5.56 Å². The van der Waals surface area contributed by atoms with Crippen LogP contribution in [0.4, 0.5) is 0 Å². The SMILES string of the molecule is CCC1CN(CCOc2ccc([C@@H]3Oc4ccc(O)cc4C(C)=C3c3ccc(C(=O)O)cc3)cc2)C1. The van der Waals surface area contributed by atoms with Crippen molar-refractivity contribution < 1.29 is 24.5 Å². The summed E-state index contributed by atoms with van der Waals surface area (Å²) in [5, 5.41) is 19.4. The maximum atomic E-state index is 11.4. The molecule has 0 aliphatic carbocycles. The minimum atomic E-state index is -0.964. The van der Waals surface area contributed by atoms with Crippen molar-refractivity contribution >= 4 is 17.1 Å². The molecule has 186 valence electrons. The average Bonchev–Trinajstić information content (AvgIpc) is 2.86. The van der Waals surface area contributed by atoms with E-state index in [0.29, 0.717) is 12.4 Å². The first-order chi connectivity index (χ1) is 17.4. The molecule has 0 bridgehead atoms. The molecule has 6 nitrogen and oxygen atoms in total. The summed E-state index contributed by atoms with van der Waals surface area (Å²) in [7, 11) is 0. The Labute approximate surface area is 211 Å². The molecule has 3 aromatic rings. The summed E-state index contributed by atoms with van der Waals surface area (Å²) in [6.45, 7) is 8.17. The second-order valence-electron chi connectivity index (χ2n) is 9.55. The molecule has 2 aliphatic rings. The molecule has 0 amide bonds. The molecule has 2 N–H and O–H groups in total. The highest BCUT2D eigenvalue weighted by molar-refractivity contribution is 5.96. The van der Waals surface area contributed by atoms with E-state index in [2.05, 4.69) is 11.8 Å². The molecule has 3 aromatic carbocycles. The molecule has 36 heavy (non-hydrogen) atoms. The first kappa shape index (κ1) is 23.9. The highest BCUT2D eigenvalue weighted by atomic mass is 16.5. The standard InChI is InChI=1S/C30H31NO5/c1-3-20-17-31(18-20)14-15-35-25-11-8-22(9-12-25)29-28(21-4-6-23(7-5-21)30(33)34)19(2)26-16-24(32)10-13-27(26)36-29/h4-13,16,20,29,32H,3,14-15,17-18H2,1-2H3,(H,33,34)/t29-/m0/s1. The van der Waals surface area contributed by atoms with Gasteiger partial charge in [0.15, 0.2) is 0 Å². The summed E-state index contributed by atoms with van der Waals surface area (Å²) in [4.78, 5) is 13.8. The zero-order chi connectivity index (χ0) is 25.2. The number of likely N-dealkylation sites (tertiary alicyclic amines) is 1. The van der Waals surface area contributed by atoms with Crippen LogP contribution in [-0.4, -0.2) is 47.3 Å². The average molecular weight is 486 g/mol. The van der Waals surface area contributed by atoms with Gasteiger partial charge in [-0.15, -0.1) is 0 Å². The number of hydrogen-bond acceptors (Lipinski definition) is 5. The van der Waals surface area contributed by atoms with Crippen molar-refractivity contribution in [3.8, 4) is 17.2 Å². The molecule has 1 fully saturated rings. The number of fused-ring (bicyclic) bond motifs is 1. The third-order valence-corrected chi connectivity index (χ3v) is 7.19. The zero-order valence-corrected chi connectivity index (χ0v) is 20.6. The van der Waals surface area contributed by atoms with E-state index in [1.807, 2.05) is 43.3 Å². The molecule has 0 spiro atoms. The Hall–Kier alpha value is -3.77. The maximum Gasteiger partial charge on any atom is 0.335 e. The van der Waals surface area contributed by atoms with E-state index < -0.39 is 5.97 Å². The fourth-order valence-corrected chi connectivity index (χ4v) is 4.99. The van der Waals surface area contributed by atoms with Gasteiger partial charge in [-0.3, -0.25) is 4.90 Å². The van der Waals surface area contributed by atoms with Gasteiger partial charge in [0.2, 0.25) is 0 Å². The highest BCUT2D eigenvalue weighted by Crippen LogP contribution is 2.47.